The van der Waals surface area contributed by atoms with Crippen LogP contribution in [0.25, 0.3) is 0 Å². The number of hydrogen-bond acceptors (Lipinski definition) is 2. The van der Waals surface area contributed by atoms with Crippen LogP contribution in [0.2, 0.25) is 0 Å². The summed E-state index contributed by atoms with van der Waals surface area (Å²) < 4.78 is 5.36. The van der Waals surface area contributed by atoms with Gasteiger partial charge in [-0.15, -0.1) is 0 Å². The molecule has 116 valence electrons. The first-order valence-electron chi connectivity index (χ1n) is 8.27. The van der Waals surface area contributed by atoms with Crippen molar-refractivity contribution in [2.45, 2.75) is 59.0 Å². The molecular formula is C19H29NO. The molecular weight excluding hydrogens is 258 g/mol. The first kappa shape index (κ1) is 14.9. The van der Waals surface area contributed by atoms with Gasteiger partial charge in [-0.3, -0.25) is 0 Å². The summed E-state index contributed by atoms with van der Waals surface area (Å²) in [6.07, 6.45) is 4.18. The fraction of sp³-hybridized carbons (Fsp3) is 0.684. The van der Waals surface area contributed by atoms with Crippen molar-refractivity contribution in [1.82, 2.24) is 5.32 Å². The van der Waals surface area contributed by atoms with Crippen molar-refractivity contribution in [3.63, 3.8) is 0 Å². The summed E-state index contributed by atoms with van der Waals surface area (Å²) >= 11 is 0. The average Bonchev–Trinajstić information content (AvgIpc) is 2.94. The Morgan fingerprint density at radius 1 is 1.29 bits per heavy atom. The van der Waals surface area contributed by atoms with Crippen molar-refractivity contribution in [1.29, 1.82) is 0 Å². The lowest BCUT2D eigenvalue weighted by molar-refractivity contribution is 0.100. The molecule has 1 N–H and O–H groups in total. The molecule has 2 aliphatic rings. The second kappa shape index (κ2) is 5.01. The third kappa shape index (κ3) is 2.38. The Morgan fingerprint density at radius 2 is 2.05 bits per heavy atom. The highest BCUT2D eigenvalue weighted by Crippen LogP contribution is 2.62. The Hall–Kier alpha value is -1.02. The molecule has 3 unspecified atom stereocenters. The molecule has 0 aromatic heterocycles. The van der Waals surface area contributed by atoms with Gasteiger partial charge in [0.2, 0.25) is 0 Å². The molecule has 2 nitrogen and oxygen atoms in total. The van der Waals surface area contributed by atoms with E-state index in [2.05, 4.69) is 51.2 Å². The third-order valence-corrected chi connectivity index (χ3v) is 6.28. The molecule has 2 saturated carbocycles. The predicted molar refractivity (Wildman–Crippen MR) is 87.6 cm³/mol. The molecule has 21 heavy (non-hydrogen) atoms. The molecule has 1 aromatic carbocycles. The maximum atomic E-state index is 5.36. The second-order valence-electron chi connectivity index (χ2n) is 8.01. The zero-order valence-electron chi connectivity index (χ0n) is 14.1. The minimum absolute atomic E-state index is 0.362. The van der Waals surface area contributed by atoms with Crippen molar-refractivity contribution in [3.8, 4) is 5.75 Å². The van der Waals surface area contributed by atoms with Gasteiger partial charge >= 0.3 is 0 Å². The Labute approximate surface area is 129 Å². The van der Waals surface area contributed by atoms with Crippen molar-refractivity contribution in [2.75, 3.05) is 7.11 Å². The molecule has 2 fully saturated rings. The Kier molecular flexibility index (Phi) is 3.56. The summed E-state index contributed by atoms with van der Waals surface area (Å²) in [6.45, 7) is 9.67. The molecule has 4 atom stereocenters. The lowest BCUT2D eigenvalue weighted by atomic mass is 9.68. The van der Waals surface area contributed by atoms with Gasteiger partial charge < -0.3 is 10.1 Å². The van der Waals surface area contributed by atoms with E-state index in [-0.39, 0.29) is 0 Å². The van der Waals surface area contributed by atoms with Crippen LogP contribution in [-0.2, 0) is 0 Å². The molecule has 2 aliphatic carbocycles. The van der Waals surface area contributed by atoms with E-state index in [9.17, 15) is 0 Å². The van der Waals surface area contributed by atoms with Crippen LogP contribution in [0.15, 0.2) is 24.3 Å². The van der Waals surface area contributed by atoms with Crippen molar-refractivity contribution < 1.29 is 4.74 Å². The van der Waals surface area contributed by atoms with Crippen LogP contribution in [-0.4, -0.2) is 13.2 Å². The lowest BCUT2D eigenvalue weighted by Gasteiger charge is -2.44. The van der Waals surface area contributed by atoms with E-state index >= 15 is 0 Å². The molecule has 0 spiro atoms. The van der Waals surface area contributed by atoms with Crippen LogP contribution in [0.4, 0.5) is 0 Å². The monoisotopic (exact) mass is 287 g/mol. The quantitative estimate of drug-likeness (QED) is 0.876. The van der Waals surface area contributed by atoms with Gasteiger partial charge in [0, 0.05) is 12.1 Å². The van der Waals surface area contributed by atoms with Crippen LogP contribution in [0, 0.1) is 16.7 Å². The summed E-state index contributed by atoms with van der Waals surface area (Å²) in [5.41, 5.74) is 2.19. The predicted octanol–water partition coefficient (Wildman–Crippen LogP) is 4.56. The van der Waals surface area contributed by atoms with E-state index in [0.717, 1.165) is 11.7 Å². The summed E-state index contributed by atoms with van der Waals surface area (Å²) in [7, 11) is 1.73. The van der Waals surface area contributed by atoms with Crippen molar-refractivity contribution in [2.24, 2.45) is 16.7 Å². The van der Waals surface area contributed by atoms with Gasteiger partial charge in [-0.05, 0) is 60.6 Å². The maximum absolute atomic E-state index is 5.36. The number of fused-ring (bicyclic) bond motifs is 2. The van der Waals surface area contributed by atoms with Gasteiger partial charge in [0.05, 0.1) is 7.11 Å². The smallest absolute Gasteiger partial charge is 0.119 e. The van der Waals surface area contributed by atoms with Crippen LogP contribution in [0.1, 0.15) is 58.6 Å². The number of rotatable bonds is 4. The van der Waals surface area contributed by atoms with Crippen LogP contribution >= 0.6 is 0 Å². The molecule has 1 aromatic rings. The summed E-state index contributed by atoms with van der Waals surface area (Å²) in [5.74, 6) is 1.83. The maximum Gasteiger partial charge on any atom is 0.119 e. The van der Waals surface area contributed by atoms with Gasteiger partial charge in [-0.25, -0.2) is 0 Å². The van der Waals surface area contributed by atoms with Gasteiger partial charge in [-0.1, -0.05) is 32.9 Å². The van der Waals surface area contributed by atoms with Crippen molar-refractivity contribution >= 4 is 0 Å². The minimum Gasteiger partial charge on any atom is -0.497 e. The van der Waals surface area contributed by atoms with E-state index in [0.29, 0.717) is 22.9 Å². The molecule has 2 bridgehead atoms. The summed E-state index contributed by atoms with van der Waals surface area (Å²) in [4.78, 5) is 0. The SMILES string of the molecule is COc1cccc([C@H](C)NC2C3(C)CCC(C3)C2(C)C)c1. The topological polar surface area (TPSA) is 21.3 Å². The lowest BCUT2D eigenvalue weighted by Crippen LogP contribution is -2.50. The molecule has 0 amide bonds. The normalized spacial score (nSPS) is 34.9. The third-order valence-electron chi connectivity index (χ3n) is 6.28. The highest BCUT2D eigenvalue weighted by molar-refractivity contribution is 5.30. The van der Waals surface area contributed by atoms with Gasteiger partial charge in [-0.2, -0.15) is 0 Å². The van der Waals surface area contributed by atoms with E-state index in [1.165, 1.54) is 24.8 Å². The number of hydrogen-bond donors (Lipinski definition) is 1. The van der Waals surface area contributed by atoms with Crippen LogP contribution in [0.3, 0.4) is 0 Å². The highest BCUT2D eigenvalue weighted by Gasteiger charge is 2.59. The summed E-state index contributed by atoms with van der Waals surface area (Å²) in [6, 6.07) is 9.41. The Bertz CT molecular complexity index is 519. The highest BCUT2D eigenvalue weighted by atomic mass is 16.5. The molecule has 0 aliphatic heterocycles. The first-order valence-corrected chi connectivity index (χ1v) is 8.27. The fourth-order valence-electron chi connectivity index (χ4n) is 4.98. The standard InChI is InChI=1S/C19H29NO/c1-13(14-7-6-8-16(11-14)21-5)20-17-18(2,3)15-9-10-19(17,4)12-15/h6-8,11,13,15,17,20H,9-10,12H2,1-5H3/t13-,15?,17?,19?/m0/s1. The van der Waals surface area contributed by atoms with E-state index < -0.39 is 0 Å². The van der Waals surface area contributed by atoms with Gasteiger partial charge in [0.1, 0.15) is 5.75 Å². The van der Waals surface area contributed by atoms with E-state index in [1.54, 1.807) is 7.11 Å². The van der Waals surface area contributed by atoms with Gasteiger partial charge in [0.15, 0.2) is 0 Å². The zero-order valence-corrected chi connectivity index (χ0v) is 14.1. The Balaban J connectivity index is 1.79. The fourth-order valence-corrected chi connectivity index (χ4v) is 4.98. The largest absolute Gasteiger partial charge is 0.497 e. The zero-order chi connectivity index (χ0) is 15.3. The van der Waals surface area contributed by atoms with Crippen molar-refractivity contribution in [3.05, 3.63) is 29.8 Å². The molecule has 0 radical (unpaired) electrons. The van der Waals surface area contributed by atoms with Gasteiger partial charge in [0.25, 0.3) is 0 Å². The van der Waals surface area contributed by atoms with E-state index in [1.807, 2.05) is 6.07 Å². The average molecular weight is 287 g/mol. The minimum atomic E-state index is 0.362. The molecule has 2 heteroatoms. The second-order valence-corrected chi connectivity index (χ2v) is 8.01. The van der Waals surface area contributed by atoms with Crippen LogP contribution < -0.4 is 10.1 Å². The first-order chi connectivity index (χ1) is 9.87. The molecule has 0 saturated heterocycles. The van der Waals surface area contributed by atoms with Crippen LogP contribution in [0.5, 0.6) is 5.75 Å². The summed E-state index contributed by atoms with van der Waals surface area (Å²) in [5, 5.41) is 3.95. The molecule has 3 rings (SSSR count). The Morgan fingerprint density at radius 3 is 2.67 bits per heavy atom. The number of ether oxygens (including phenoxy) is 1. The number of nitrogens with one attached hydrogen (secondary N) is 1. The number of methoxy groups -OCH3 is 1. The molecule has 0 heterocycles. The number of benzene rings is 1. The van der Waals surface area contributed by atoms with E-state index in [4.69, 9.17) is 4.74 Å².